The van der Waals surface area contributed by atoms with Crippen LogP contribution in [0.15, 0.2) is 0 Å². The average molecular weight is 189 g/mol. The quantitative estimate of drug-likeness (QED) is 0.511. The molecular formula is C8H15NO4. The van der Waals surface area contributed by atoms with Gasteiger partial charge in [-0.1, -0.05) is 13.8 Å². The Morgan fingerprint density at radius 2 is 1.69 bits per heavy atom. The summed E-state index contributed by atoms with van der Waals surface area (Å²) < 4.78 is 0. The van der Waals surface area contributed by atoms with Gasteiger partial charge in [0.2, 0.25) is 0 Å². The lowest BCUT2D eigenvalue weighted by atomic mass is 9.95. The molecule has 1 unspecified atom stereocenters. The number of hydrogen-bond acceptors (Lipinski definition) is 3. The van der Waals surface area contributed by atoms with E-state index in [0.29, 0.717) is 0 Å². The molecule has 3 N–H and O–H groups in total. The molecule has 1 aliphatic rings. The Bertz CT molecular complexity index is 175. The van der Waals surface area contributed by atoms with Crippen molar-refractivity contribution < 1.29 is 19.8 Å². The predicted octanol–water partition coefficient (Wildman–Crippen LogP) is 0.160. The van der Waals surface area contributed by atoms with Crippen LogP contribution in [0.2, 0.25) is 0 Å². The van der Waals surface area contributed by atoms with Crippen molar-refractivity contribution in [2.24, 2.45) is 5.92 Å². The molecule has 0 saturated carbocycles. The summed E-state index contributed by atoms with van der Waals surface area (Å²) in [7, 11) is 0. The van der Waals surface area contributed by atoms with Gasteiger partial charge in [0.05, 0.1) is 0 Å². The number of rotatable bonds is 1. The highest BCUT2D eigenvalue weighted by molar-refractivity contribution is 6.27. The van der Waals surface area contributed by atoms with Crippen LogP contribution in [0.3, 0.4) is 0 Å². The molecule has 1 aliphatic heterocycles. The zero-order valence-corrected chi connectivity index (χ0v) is 7.78. The fourth-order valence-corrected chi connectivity index (χ4v) is 0.880. The molecule has 1 saturated heterocycles. The minimum atomic E-state index is -1.82. The van der Waals surface area contributed by atoms with Gasteiger partial charge in [0.15, 0.2) is 0 Å². The van der Waals surface area contributed by atoms with E-state index < -0.39 is 11.9 Å². The monoisotopic (exact) mass is 189 g/mol. The molecule has 5 heteroatoms. The van der Waals surface area contributed by atoms with E-state index >= 15 is 0 Å². The molecule has 76 valence electrons. The van der Waals surface area contributed by atoms with Crippen LogP contribution >= 0.6 is 0 Å². The van der Waals surface area contributed by atoms with Gasteiger partial charge in [-0.2, -0.15) is 0 Å². The number of aliphatic carboxylic acids is 2. The van der Waals surface area contributed by atoms with Gasteiger partial charge >= 0.3 is 11.9 Å². The molecule has 13 heavy (non-hydrogen) atoms. The van der Waals surface area contributed by atoms with Gasteiger partial charge in [-0.05, 0) is 18.9 Å². The van der Waals surface area contributed by atoms with Crippen molar-refractivity contribution in [1.82, 2.24) is 5.32 Å². The van der Waals surface area contributed by atoms with Crippen molar-refractivity contribution >= 4 is 11.9 Å². The Morgan fingerprint density at radius 1 is 1.31 bits per heavy atom. The molecule has 0 bridgehead atoms. The third kappa shape index (κ3) is 5.19. The highest BCUT2D eigenvalue weighted by atomic mass is 16.4. The fourth-order valence-electron chi connectivity index (χ4n) is 0.880. The lowest BCUT2D eigenvalue weighted by Gasteiger charge is -2.30. The second-order valence-electron chi connectivity index (χ2n) is 3.20. The molecule has 0 aromatic rings. The number of nitrogens with one attached hydrogen (secondary N) is 1. The largest absolute Gasteiger partial charge is 0.473 e. The van der Waals surface area contributed by atoms with E-state index in [9.17, 15) is 0 Å². The van der Waals surface area contributed by atoms with Gasteiger partial charge in [-0.25, -0.2) is 9.59 Å². The lowest BCUT2D eigenvalue weighted by molar-refractivity contribution is -0.159. The van der Waals surface area contributed by atoms with Gasteiger partial charge in [-0.15, -0.1) is 0 Å². The SMILES string of the molecule is CC(C)C1CCN1.O=C(O)C(=O)O. The summed E-state index contributed by atoms with van der Waals surface area (Å²) in [6, 6.07) is 0.833. The van der Waals surface area contributed by atoms with Gasteiger partial charge < -0.3 is 15.5 Å². The molecule has 1 rings (SSSR count). The van der Waals surface area contributed by atoms with E-state index in [1.807, 2.05) is 0 Å². The minimum Gasteiger partial charge on any atom is -0.473 e. The van der Waals surface area contributed by atoms with E-state index in [0.717, 1.165) is 12.0 Å². The number of carboxylic acids is 2. The molecule has 1 atom stereocenters. The molecule has 0 aromatic carbocycles. The van der Waals surface area contributed by atoms with Gasteiger partial charge in [0.1, 0.15) is 0 Å². The Labute approximate surface area is 76.8 Å². The Morgan fingerprint density at radius 3 is 1.69 bits per heavy atom. The second kappa shape index (κ2) is 5.53. The van der Waals surface area contributed by atoms with Crippen LogP contribution in [0.1, 0.15) is 20.3 Å². The van der Waals surface area contributed by atoms with E-state index in [2.05, 4.69) is 19.2 Å². The number of carboxylic acid groups (broad SMARTS) is 2. The number of carbonyl (C=O) groups is 2. The highest BCUT2D eigenvalue weighted by Crippen LogP contribution is 2.11. The minimum absolute atomic E-state index is 0.833. The molecule has 0 aliphatic carbocycles. The van der Waals surface area contributed by atoms with Crippen molar-refractivity contribution in [1.29, 1.82) is 0 Å². The molecule has 0 amide bonds. The van der Waals surface area contributed by atoms with Crippen molar-refractivity contribution in [3.8, 4) is 0 Å². The van der Waals surface area contributed by atoms with Gasteiger partial charge in [0, 0.05) is 6.04 Å². The maximum absolute atomic E-state index is 9.10. The first-order valence-electron chi connectivity index (χ1n) is 4.14. The highest BCUT2D eigenvalue weighted by Gasteiger charge is 2.18. The van der Waals surface area contributed by atoms with Crippen LogP contribution in [0.25, 0.3) is 0 Å². The summed E-state index contributed by atoms with van der Waals surface area (Å²) in [5, 5.41) is 18.1. The van der Waals surface area contributed by atoms with Crippen molar-refractivity contribution in [2.75, 3.05) is 6.54 Å². The maximum atomic E-state index is 9.10. The van der Waals surface area contributed by atoms with Crippen LogP contribution in [0.5, 0.6) is 0 Å². The van der Waals surface area contributed by atoms with Crippen molar-refractivity contribution in [3.05, 3.63) is 0 Å². The maximum Gasteiger partial charge on any atom is 0.414 e. The summed E-state index contributed by atoms with van der Waals surface area (Å²) in [4.78, 5) is 18.2. The summed E-state index contributed by atoms with van der Waals surface area (Å²) in [6.45, 7) is 5.76. The fraction of sp³-hybridized carbons (Fsp3) is 0.750. The number of hydrogen-bond donors (Lipinski definition) is 3. The van der Waals surface area contributed by atoms with E-state index in [4.69, 9.17) is 19.8 Å². The molecule has 1 fully saturated rings. The Hall–Kier alpha value is -1.10. The first-order chi connectivity index (χ1) is 5.95. The summed E-state index contributed by atoms with van der Waals surface area (Å²) >= 11 is 0. The molecular weight excluding hydrogens is 174 g/mol. The van der Waals surface area contributed by atoms with E-state index in [1.165, 1.54) is 13.0 Å². The standard InChI is InChI=1S/C6H13N.C2H2O4/c1-5(2)6-3-4-7-6;3-1(4)2(5)6/h5-7H,3-4H2,1-2H3;(H,3,4)(H,5,6). The predicted molar refractivity (Wildman–Crippen MR) is 46.5 cm³/mol. The Kier molecular flexibility index (Phi) is 5.06. The molecule has 1 heterocycles. The lowest BCUT2D eigenvalue weighted by Crippen LogP contribution is -2.46. The molecule has 0 aromatic heterocycles. The molecule has 0 radical (unpaired) electrons. The van der Waals surface area contributed by atoms with Crippen LogP contribution in [0.4, 0.5) is 0 Å². The third-order valence-electron chi connectivity index (χ3n) is 1.85. The van der Waals surface area contributed by atoms with Crippen LogP contribution < -0.4 is 5.32 Å². The van der Waals surface area contributed by atoms with Gasteiger partial charge in [-0.3, -0.25) is 0 Å². The second-order valence-corrected chi connectivity index (χ2v) is 3.20. The van der Waals surface area contributed by atoms with E-state index in [-0.39, 0.29) is 0 Å². The zero-order chi connectivity index (χ0) is 10.4. The normalized spacial score (nSPS) is 19.8. The third-order valence-corrected chi connectivity index (χ3v) is 1.85. The van der Waals surface area contributed by atoms with Crippen molar-refractivity contribution in [3.63, 3.8) is 0 Å². The average Bonchev–Trinajstić information content (AvgIpc) is 1.82. The summed E-state index contributed by atoms with van der Waals surface area (Å²) in [5.74, 6) is -2.81. The topological polar surface area (TPSA) is 86.6 Å². The van der Waals surface area contributed by atoms with E-state index in [1.54, 1.807) is 0 Å². The van der Waals surface area contributed by atoms with Crippen LogP contribution in [0, 0.1) is 5.92 Å². The van der Waals surface area contributed by atoms with Crippen molar-refractivity contribution in [2.45, 2.75) is 26.3 Å². The summed E-state index contributed by atoms with van der Waals surface area (Å²) in [5.41, 5.74) is 0. The smallest absolute Gasteiger partial charge is 0.414 e. The Balaban J connectivity index is 0.000000226. The summed E-state index contributed by atoms with van der Waals surface area (Å²) in [6.07, 6.45) is 1.39. The molecule has 5 nitrogen and oxygen atoms in total. The van der Waals surface area contributed by atoms with Crippen LogP contribution in [-0.4, -0.2) is 34.7 Å². The van der Waals surface area contributed by atoms with Crippen LogP contribution in [-0.2, 0) is 9.59 Å². The first kappa shape index (κ1) is 11.9. The zero-order valence-electron chi connectivity index (χ0n) is 7.78. The molecule has 0 spiro atoms. The van der Waals surface area contributed by atoms with Gasteiger partial charge in [0.25, 0.3) is 0 Å². The first-order valence-corrected chi connectivity index (χ1v) is 4.14.